The minimum Gasteiger partial charge on any atom is -0.480 e. The van der Waals surface area contributed by atoms with Gasteiger partial charge in [0.25, 0.3) is 5.09 Å². The minimum atomic E-state index is -2.59. The molecule has 0 bridgehead atoms. The number of ether oxygens (including phenoxy) is 2. The van der Waals surface area contributed by atoms with Crippen LogP contribution in [0.5, 0.6) is 0 Å². The van der Waals surface area contributed by atoms with Crippen molar-refractivity contribution >= 4 is 29.6 Å². The van der Waals surface area contributed by atoms with Crippen LogP contribution in [0, 0.1) is 32.8 Å². The highest BCUT2D eigenvalue weighted by Crippen LogP contribution is 2.69. The van der Waals surface area contributed by atoms with Crippen molar-refractivity contribution < 1.29 is 68.2 Å². The molecule has 5 N–H and O–H groups in total. The largest absolute Gasteiger partial charge is 0.480 e. The lowest BCUT2D eigenvalue weighted by Gasteiger charge is -2.61. The molecule has 1 aromatic rings. The Bertz CT molecular complexity index is 1680. The second-order valence-corrected chi connectivity index (χ2v) is 13.6. The number of esters is 1. The lowest BCUT2D eigenvalue weighted by molar-refractivity contribution is -0.763. The number of aliphatic hydroxyl groups is 3. The van der Waals surface area contributed by atoms with E-state index < -0.39 is 107 Å². The van der Waals surface area contributed by atoms with Gasteiger partial charge in [0.1, 0.15) is 13.2 Å². The molecule has 16 nitrogen and oxygen atoms in total. The smallest absolute Gasteiger partial charge is 0.408 e. The highest BCUT2D eigenvalue weighted by atomic mass is 19.1. The third-order valence-electron chi connectivity index (χ3n) is 11.1. The fourth-order valence-corrected chi connectivity index (χ4v) is 8.39. The van der Waals surface area contributed by atoms with Crippen molar-refractivity contribution in [1.29, 1.82) is 0 Å². The molecular formula is C33H37FN2O14. The van der Waals surface area contributed by atoms with Crippen molar-refractivity contribution in [3.8, 4) is 0 Å². The number of nitrogens with one attached hydrogen (secondary N) is 1. The normalized spacial score (nSPS) is 34.6. The van der Waals surface area contributed by atoms with Crippen LogP contribution in [0.4, 0.5) is 9.18 Å². The second kappa shape index (κ2) is 13.2. The Kier molecular flexibility index (Phi) is 9.64. The van der Waals surface area contributed by atoms with Gasteiger partial charge in [0.05, 0.1) is 17.8 Å². The fraction of sp³-hybridized carbons (Fsp3) is 0.545. The first-order chi connectivity index (χ1) is 23.4. The molecule has 1 aromatic carbocycles. The molecular weight excluding hydrogens is 667 g/mol. The number of halogens is 1. The van der Waals surface area contributed by atoms with Gasteiger partial charge in [0, 0.05) is 23.2 Å². The molecule has 0 aromatic heterocycles. The summed E-state index contributed by atoms with van der Waals surface area (Å²) in [6, 6.07) is 3.48. The van der Waals surface area contributed by atoms with Crippen LogP contribution in [0.25, 0.3) is 0 Å². The summed E-state index contributed by atoms with van der Waals surface area (Å²) < 4.78 is 27.2. The highest BCUT2D eigenvalue weighted by Gasteiger charge is 2.76. The number of rotatable bonds is 11. The van der Waals surface area contributed by atoms with Crippen LogP contribution in [0.15, 0.2) is 48.1 Å². The summed E-state index contributed by atoms with van der Waals surface area (Å²) >= 11 is 0. The number of alkyl halides is 1. The number of aliphatic hydroxyl groups excluding tert-OH is 2. The molecule has 4 aliphatic rings. The predicted octanol–water partition coefficient (Wildman–Crippen LogP) is 1.37. The molecule has 0 saturated heterocycles. The summed E-state index contributed by atoms with van der Waals surface area (Å²) in [4.78, 5) is 77.1. The summed E-state index contributed by atoms with van der Waals surface area (Å²) in [6.45, 7) is 0.561. The van der Waals surface area contributed by atoms with E-state index in [0.717, 1.165) is 0 Å². The van der Waals surface area contributed by atoms with E-state index in [-0.39, 0.29) is 36.2 Å². The first-order valence-electron chi connectivity index (χ1n) is 15.8. The van der Waals surface area contributed by atoms with Crippen molar-refractivity contribution in [2.45, 2.75) is 75.7 Å². The third kappa shape index (κ3) is 5.92. The van der Waals surface area contributed by atoms with Crippen LogP contribution >= 0.6 is 0 Å². The number of alkyl carbamates (subject to hydrolysis) is 1. The molecule has 0 aliphatic heterocycles. The lowest BCUT2D eigenvalue weighted by Crippen LogP contribution is -2.69. The summed E-state index contributed by atoms with van der Waals surface area (Å²) in [5, 5.41) is 55.2. The number of hydrogen-bond acceptors (Lipinski definition) is 13. The van der Waals surface area contributed by atoms with E-state index in [9.17, 15) is 54.5 Å². The molecule has 5 rings (SSSR count). The number of hydrogen-bond donors (Lipinski definition) is 5. The number of aliphatic carboxylic acids is 1. The molecule has 2 fully saturated rings. The van der Waals surface area contributed by atoms with Crippen molar-refractivity contribution in [1.82, 2.24) is 5.32 Å². The van der Waals surface area contributed by atoms with Gasteiger partial charge in [-0.2, -0.15) is 0 Å². The van der Waals surface area contributed by atoms with E-state index in [1.54, 1.807) is 13.0 Å². The van der Waals surface area contributed by atoms with Crippen LogP contribution < -0.4 is 5.32 Å². The monoisotopic (exact) mass is 704 g/mol. The molecule has 4 aliphatic carbocycles. The second-order valence-electron chi connectivity index (χ2n) is 13.6. The Labute approximate surface area is 284 Å². The van der Waals surface area contributed by atoms with Gasteiger partial charge in [-0.3, -0.25) is 9.59 Å². The first kappa shape index (κ1) is 36.5. The topological polar surface area (TPSA) is 249 Å². The van der Waals surface area contributed by atoms with E-state index >= 15 is 4.39 Å². The zero-order chi connectivity index (χ0) is 36.8. The van der Waals surface area contributed by atoms with Gasteiger partial charge < -0.3 is 40.1 Å². The van der Waals surface area contributed by atoms with Crippen LogP contribution in [0.2, 0.25) is 0 Å². The van der Waals surface area contributed by atoms with Crippen molar-refractivity contribution in [3.63, 3.8) is 0 Å². The van der Waals surface area contributed by atoms with E-state index in [0.29, 0.717) is 5.57 Å². The summed E-state index contributed by atoms with van der Waals surface area (Å²) in [5.41, 5.74) is -7.12. The van der Waals surface area contributed by atoms with Crippen molar-refractivity contribution in [2.75, 3.05) is 13.2 Å². The van der Waals surface area contributed by atoms with Crippen molar-refractivity contribution in [2.24, 2.45) is 22.7 Å². The van der Waals surface area contributed by atoms with E-state index in [2.05, 4.69) is 4.84 Å². The van der Waals surface area contributed by atoms with Crippen LogP contribution in [0.3, 0.4) is 0 Å². The first-order valence-corrected chi connectivity index (χ1v) is 15.8. The standard InChI is InChI=1S/C33H37FN2O14/c1-30-9-8-20(37)11-19(30)6-7-21-22-12-24(38)33(45,31(22,2)13-25(39)32(21,30)34)26(40)16-49-29(44)35-23(27(41)42)15-48-28(43)18-5-3-4-17(10-18)14-50-36(46)47/h3-6,8-10,21-25,38-39,45H,7,11-16H2,1-2H3,(H,35,44)(H,41,42)/t21-,22-,23?,24+,25-,30-,31-,32-,33-/m0/s1. The van der Waals surface area contributed by atoms with Crippen LogP contribution in [0.1, 0.15) is 55.5 Å². The number of ketones is 2. The number of carboxylic acids is 1. The Balaban J connectivity index is 1.23. The number of Topliss-reactive ketones (excluding diaryl/α,β-unsaturated/α-hetero) is 1. The summed E-state index contributed by atoms with van der Waals surface area (Å²) in [6.07, 6.45) is -1.01. The van der Waals surface area contributed by atoms with Gasteiger partial charge in [-0.05, 0) is 55.9 Å². The predicted molar refractivity (Wildman–Crippen MR) is 164 cm³/mol. The maximum atomic E-state index is 17.3. The Morgan fingerprint density at radius 2 is 1.86 bits per heavy atom. The number of allylic oxidation sites excluding steroid dienone is 4. The molecule has 1 unspecified atom stereocenters. The molecule has 50 heavy (non-hydrogen) atoms. The molecule has 1 amide bonds. The number of benzene rings is 1. The SMILES string of the molecule is C[C@]12C=CC(=O)CC1=CC[C@H]1[C@@H]3C[C@@H](O)[C@](O)(C(=O)COC(=O)NC(COC(=O)c4cccc(CO[N+](=O)[O-])c4)C(=O)O)[C@@]3(C)C[C@H](O)[C@@]12F. The van der Waals surface area contributed by atoms with E-state index in [4.69, 9.17) is 9.47 Å². The zero-order valence-electron chi connectivity index (χ0n) is 27.1. The van der Waals surface area contributed by atoms with Gasteiger partial charge in [0.2, 0.25) is 5.78 Å². The number of amides is 1. The molecule has 0 radical (unpaired) electrons. The minimum absolute atomic E-state index is 0.00678. The molecule has 0 spiro atoms. The lowest BCUT2D eigenvalue weighted by atomic mass is 9.45. The number of nitrogens with zero attached hydrogens (tertiary/aromatic N) is 1. The Morgan fingerprint density at radius 1 is 1.14 bits per heavy atom. The average Bonchev–Trinajstić information content (AvgIpc) is 3.26. The van der Waals surface area contributed by atoms with Crippen molar-refractivity contribution in [3.05, 3.63) is 69.3 Å². The van der Waals surface area contributed by atoms with Gasteiger partial charge in [-0.15, -0.1) is 10.1 Å². The van der Waals surface area contributed by atoms with Crippen LogP contribution in [-0.2, 0) is 35.3 Å². The Morgan fingerprint density at radius 3 is 2.54 bits per heavy atom. The number of carbonyl (C=O) groups is 5. The molecule has 17 heteroatoms. The summed E-state index contributed by atoms with van der Waals surface area (Å²) in [5.74, 6) is -5.81. The fourth-order valence-electron chi connectivity index (χ4n) is 8.39. The van der Waals surface area contributed by atoms with Gasteiger partial charge >= 0.3 is 18.0 Å². The third-order valence-corrected chi connectivity index (χ3v) is 11.1. The summed E-state index contributed by atoms with van der Waals surface area (Å²) in [7, 11) is 0. The van der Waals surface area contributed by atoms with E-state index in [1.165, 1.54) is 43.3 Å². The maximum absolute atomic E-state index is 17.3. The number of fused-ring (bicyclic) bond motifs is 5. The van der Waals surface area contributed by atoms with Gasteiger partial charge in [-0.25, -0.2) is 18.8 Å². The zero-order valence-corrected chi connectivity index (χ0v) is 27.1. The maximum Gasteiger partial charge on any atom is 0.408 e. The average molecular weight is 705 g/mol. The van der Waals surface area contributed by atoms with Gasteiger partial charge in [0.15, 0.2) is 29.7 Å². The van der Waals surface area contributed by atoms with Crippen LogP contribution in [-0.4, -0.2) is 97.8 Å². The molecule has 270 valence electrons. The quantitative estimate of drug-likeness (QED) is 0.0945. The molecule has 2 saturated carbocycles. The number of carboxylic acid groups (broad SMARTS) is 1. The molecule has 0 heterocycles. The van der Waals surface area contributed by atoms with Gasteiger partial charge in [-0.1, -0.05) is 36.8 Å². The van der Waals surface area contributed by atoms with E-state index in [1.807, 2.05) is 5.32 Å². The molecule has 9 atom stereocenters. The number of carbonyl (C=O) groups excluding carboxylic acids is 4. The Hall–Kier alpha value is -4.74. The highest BCUT2D eigenvalue weighted by molar-refractivity contribution is 5.94.